The van der Waals surface area contributed by atoms with E-state index in [0.717, 1.165) is 17.0 Å². The molecule has 5 nitrogen and oxygen atoms in total. The van der Waals surface area contributed by atoms with Gasteiger partial charge < -0.3 is 19.9 Å². The van der Waals surface area contributed by atoms with E-state index in [1.54, 1.807) is 6.20 Å². The SMILES string of the molecule is C[C@@H](NCC(O)c1ccc2c(c1)OCO2)c1ccccn1. The molecule has 0 radical (unpaired) electrons. The maximum absolute atomic E-state index is 10.3. The fourth-order valence-corrected chi connectivity index (χ4v) is 2.26. The molecule has 1 aliphatic heterocycles. The van der Waals surface area contributed by atoms with Crippen molar-refractivity contribution in [3.05, 3.63) is 53.9 Å². The molecular formula is C16H18N2O3. The molecule has 3 rings (SSSR count). The Morgan fingerprint density at radius 1 is 1.24 bits per heavy atom. The summed E-state index contributed by atoms with van der Waals surface area (Å²) in [5.74, 6) is 1.41. The minimum atomic E-state index is -0.606. The van der Waals surface area contributed by atoms with Crippen LogP contribution in [-0.4, -0.2) is 23.4 Å². The average molecular weight is 286 g/mol. The molecule has 2 N–H and O–H groups in total. The van der Waals surface area contributed by atoms with Crippen LogP contribution in [0.1, 0.15) is 30.3 Å². The Hall–Kier alpha value is -2.11. The summed E-state index contributed by atoms with van der Waals surface area (Å²) in [6.07, 6.45) is 1.16. The Kier molecular flexibility index (Phi) is 4.03. The van der Waals surface area contributed by atoms with E-state index in [1.165, 1.54) is 0 Å². The molecule has 0 saturated carbocycles. The first-order chi connectivity index (χ1) is 10.2. The van der Waals surface area contributed by atoms with Crippen LogP contribution in [0.2, 0.25) is 0 Å². The second-order valence-electron chi connectivity index (χ2n) is 5.01. The standard InChI is InChI=1S/C16H18N2O3/c1-11(13-4-2-3-7-17-13)18-9-14(19)12-5-6-15-16(8-12)21-10-20-15/h2-8,11,14,18-19H,9-10H2,1H3/t11-,14?/m1/s1. The van der Waals surface area contributed by atoms with Crippen molar-refractivity contribution >= 4 is 0 Å². The van der Waals surface area contributed by atoms with E-state index in [1.807, 2.05) is 43.3 Å². The molecule has 0 amide bonds. The monoisotopic (exact) mass is 286 g/mol. The van der Waals surface area contributed by atoms with Gasteiger partial charge in [0.1, 0.15) is 0 Å². The summed E-state index contributed by atoms with van der Waals surface area (Å²) in [5.41, 5.74) is 1.76. The molecule has 0 bridgehead atoms. The molecule has 0 aliphatic carbocycles. The Bertz CT molecular complexity index is 604. The highest BCUT2D eigenvalue weighted by molar-refractivity contribution is 5.45. The van der Waals surface area contributed by atoms with Crippen LogP contribution in [0.4, 0.5) is 0 Å². The number of nitrogens with one attached hydrogen (secondary N) is 1. The number of aliphatic hydroxyl groups excluding tert-OH is 1. The third-order valence-electron chi connectivity index (χ3n) is 3.53. The summed E-state index contributed by atoms with van der Waals surface area (Å²) in [7, 11) is 0. The molecule has 110 valence electrons. The van der Waals surface area contributed by atoms with Gasteiger partial charge in [0.2, 0.25) is 6.79 Å². The third kappa shape index (κ3) is 3.15. The molecule has 0 saturated heterocycles. The van der Waals surface area contributed by atoms with Gasteiger partial charge in [0.25, 0.3) is 0 Å². The minimum Gasteiger partial charge on any atom is -0.454 e. The molecule has 1 aromatic heterocycles. The number of pyridine rings is 1. The van der Waals surface area contributed by atoms with E-state index >= 15 is 0 Å². The van der Waals surface area contributed by atoms with Crippen LogP contribution < -0.4 is 14.8 Å². The Labute approximate surface area is 123 Å². The predicted molar refractivity (Wildman–Crippen MR) is 78.2 cm³/mol. The maximum atomic E-state index is 10.3. The summed E-state index contributed by atoms with van der Waals surface area (Å²) in [5, 5.41) is 13.5. The lowest BCUT2D eigenvalue weighted by Gasteiger charge is -2.17. The zero-order valence-corrected chi connectivity index (χ0v) is 11.8. The second-order valence-corrected chi connectivity index (χ2v) is 5.01. The first-order valence-corrected chi connectivity index (χ1v) is 6.96. The first kappa shape index (κ1) is 13.9. The molecule has 5 heteroatoms. The summed E-state index contributed by atoms with van der Waals surface area (Å²) < 4.78 is 10.6. The number of fused-ring (bicyclic) bond motifs is 1. The van der Waals surface area contributed by atoms with Gasteiger partial charge >= 0.3 is 0 Å². The minimum absolute atomic E-state index is 0.0786. The topological polar surface area (TPSA) is 63.6 Å². The fourth-order valence-electron chi connectivity index (χ4n) is 2.26. The van der Waals surface area contributed by atoms with Gasteiger partial charge in [-0.25, -0.2) is 0 Å². The Balaban J connectivity index is 1.60. The summed E-state index contributed by atoms with van der Waals surface area (Å²) >= 11 is 0. The molecule has 2 heterocycles. The van der Waals surface area contributed by atoms with Crippen molar-refractivity contribution in [3.8, 4) is 11.5 Å². The number of benzene rings is 1. The Morgan fingerprint density at radius 2 is 2.10 bits per heavy atom. The maximum Gasteiger partial charge on any atom is 0.231 e. The second kappa shape index (κ2) is 6.11. The number of hydrogen-bond acceptors (Lipinski definition) is 5. The third-order valence-corrected chi connectivity index (χ3v) is 3.53. The molecule has 2 atom stereocenters. The zero-order valence-electron chi connectivity index (χ0n) is 11.8. The quantitative estimate of drug-likeness (QED) is 0.882. The summed E-state index contributed by atoms with van der Waals surface area (Å²) in [6, 6.07) is 11.4. The number of aliphatic hydroxyl groups is 1. The van der Waals surface area contributed by atoms with E-state index in [4.69, 9.17) is 9.47 Å². The Morgan fingerprint density at radius 3 is 2.90 bits per heavy atom. The van der Waals surface area contributed by atoms with Crippen LogP contribution in [0.25, 0.3) is 0 Å². The lowest BCUT2D eigenvalue weighted by atomic mass is 10.1. The molecule has 0 fully saturated rings. The van der Waals surface area contributed by atoms with Gasteiger partial charge in [-0.1, -0.05) is 12.1 Å². The molecule has 21 heavy (non-hydrogen) atoms. The van der Waals surface area contributed by atoms with Crippen molar-refractivity contribution in [2.24, 2.45) is 0 Å². The van der Waals surface area contributed by atoms with Gasteiger partial charge in [0.15, 0.2) is 11.5 Å². The smallest absolute Gasteiger partial charge is 0.231 e. The van der Waals surface area contributed by atoms with Gasteiger partial charge in [0, 0.05) is 18.8 Å². The molecule has 1 unspecified atom stereocenters. The van der Waals surface area contributed by atoms with E-state index in [2.05, 4.69) is 10.3 Å². The van der Waals surface area contributed by atoms with Crippen molar-refractivity contribution in [1.29, 1.82) is 0 Å². The largest absolute Gasteiger partial charge is 0.454 e. The van der Waals surface area contributed by atoms with Gasteiger partial charge in [-0.2, -0.15) is 0 Å². The zero-order chi connectivity index (χ0) is 14.7. The van der Waals surface area contributed by atoms with Crippen molar-refractivity contribution < 1.29 is 14.6 Å². The highest BCUT2D eigenvalue weighted by Gasteiger charge is 2.17. The molecular weight excluding hydrogens is 268 g/mol. The van der Waals surface area contributed by atoms with Crippen molar-refractivity contribution in [1.82, 2.24) is 10.3 Å². The number of ether oxygens (including phenoxy) is 2. The van der Waals surface area contributed by atoms with Gasteiger partial charge in [-0.3, -0.25) is 4.98 Å². The summed E-state index contributed by atoms with van der Waals surface area (Å²) in [4.78, 5) is 4.30. The fraction of sp³-hybridized carbons (Fsp3) is 0.312. The first-order valence-electron chi connectivity index (χ1n) is 6.96. The number of aromatic nitrogens is 1. The van der Waals surface area contributed by atoms with Crippen molar-refractivity contribution in [2.75, 3.05) is 13.3 Å². The van der Waals surface area contributed by atoms with Gasteiger partial charge in [-0.15, -0.1) is 0 Å². The van der Waals surface area contributed by atoms with Gasteiger partial charge in [0.05, 0.1) is 11.8 Å². The molecule has 2 aromatic rings. The van der Waals surface area contributed by atoms with Crippen LogP contribution in [0, 0.1) is 0 Å². The number of nitrogens with zero attached hydrogens (tertiary/aromatic N) is 1. The van der Waals surface area contributed by atoms with Crippen molar-refractivity contribution in [2.45, 2.75) is 19.1 Å². The van der Waals surface area contributed by atoms with E-state index in [9.17, 15) is 5.11 Å². The highest BCUT2D eigenvalue weighted by Crippen LogP contribution is 2.34. The average Bonchev–Trinajstić information content (AvgIpc) is 3.00. The van der Waals surface area contributed by atoms with Gasteiger partial charge in [-0.05, 0) is 36.8 Å². The predicted octanol–water partition coefficient (Wildman–Crippen LogP) is 2.19. The van der Waals surface area contributed by atoms with Crippen LogP contribution in [0.3, 0.4) is 0 Å². The lowest BCUT2D eigenvalue weighted by molar-refractivity contribution is 0.168. The van der Waals surface area contributed by atoms with Crippen LogP contribution in [0.5, 0.6) is 11.5 Å². The van der Waals surface area contributed by atoms with Crippen molar-refractivity contribution in [3.63, 3.8) is 0 Å². The molecule has 1 aliphatic rings. The lowest BCUT2D eigenvalue weighted by Crippen LogP contribution is -2.25. The van der Waals surface area contributed by atoms with E-state index in [-0.39, 0.29) is 12.8 Å². The van der Waals surface area contributed by atoms with Crippen LogP contribution >= 0.6 is 0 Å². The van der Waals surface area contributed by atoms with E-state index < -0.39 is 6.10 Å². The van der Waals surface area contributed by atoms with E-state index in [0.29, 0.717) is 12.3 Å². The number of hydrogen-bond donors (Lipinski definition) is 2. The molecule has 1 aromatic carbocycles. The van der Waals surface area contributed by atoms with Crippen LogP contribution in [-0.2, 0) is 0 Å². The summed E-state index contributed by atoms with van der Waals surface area (Å²) in [6.45, 7) is 2.70. The molecule has 0 spiro atoms. The number of rotatable bonds is 5. The highest BCUT2D eigenvalue weighted by atomic mass is 16.7. The van der Waals surface area contributed by atoms with Crippen LogP contribution in [0.15, 0.2) is 42.6 Å². The normalized spacial score (nSPS) is 15.7.